The van der Waals surface area contributed by atoms with E-state index in [0.29, 0.717) is 5.56 Å². The Morgan fingerprint density at radius 2 is 1.78 bits per heavy atom. The van der Waals surface area contributed by atoms with Gasteiger partial charge in [0.2, 0.25) is 0 Å². The van der Waals surface area contributed by atoms with Crippen LogP contribution in [-0.4, -0.2) is 52.5 Å². The average Bonchev–Trinajstić information content (AvgIpc) is 2.82. The molecular weight excluding hydrogens is 294 g/mol. The molecule has 0 aromatic carbocycles. The number of hydrogen-bond donors (Lipinski definition) is 1. The molecule has 0 radical (unpaired) electrons. The maximum absolute atomic E-state index is 12.4. The number of likely N-dealkylation sites (N-methyl/N-ethyl adjacent to an activating group) is 1. The number of aromatic nitrogens is 1. The van der Waals surface area contributed by atoms with Crippen LogP contribution in [0.15, 0.2) is 18.3 Å². The van der Waals surface area contributed by atoms with Crippen molar-refractivity contribution in [2.75, 3.05) is 25.0 Å². The molecular formula is C17H25N3O3. The van der Waals surface area contributed by atoms with Gasteiger partial charge in [-0.3, -0.25) is 4.79 Å². The van der Waals surface area contributed by atoms with E-state index >= 15 is 0 Å². The van der Waals surface area contributed by atoms with Gasteiger partial charge in [0.15, 0.2) is 0 Å². The molecule has 0 unspecified atom stereocenters. The number of carboxylic acid groups (broad SMARTS) is 1. The van der Waals surface area contributed by atoms with E-state index in [-0.39, 0.29) is 5.91 Å². The molecule has 1 aliphatic heterocycles. The molecule has 1 fully saturated rings. The SMILES string of the molecule is CN(C(=O)c1ccc(N2CCCCCC2)nc1)C(C)(C)C(=O)O. The van der Waals surface area contributed by atoms with Crippen LogP contribution in [0.2, 0.25) is 0 Å². The highest BCUT2D eigenvalue weighted by molar-refractivity contribution is 5.97. The van der Waals surface area contributed by atoms with Crippen molar-refractivity contribution in [3.05, 3.63) is 23.9 Å². The van der Waals surface area contributed by atoms with Gasteiger partial charge in [0.25, 0.3) is 5.91 Å². The molecule has 0 spiro atoms. The van der Waals surface area contributed by atoms with Crippen molar-refractivity contribution in [2.24, 2.45) is 0 Å². The van der Waals surface area contributed by atoms with E-state index in [1.807, 2.05) is 6.07 Å². The van der Waals surface area contributed by atoms with Gasteiger partial charge in [-0.15, -0.1) is 0 Å². The summed E-state index contributed by atoms with van der Waals surface area (Å²) in [6.07, 6.45) is 6.37. The molecule has 0 atom stereocenters. The van der Waals surface area contributed by atoms with Gasteiger partial charge in [-0.05, 0) is 38.8 Å². The third-order valence-corrected chi connectivity index (χ3v) is 4.59. The van der Waals surface area contributed by atoms with Gasteiger partial charge in [-0.2, -0.15) is 0 Å². The van der Waals surface area contributed by atoms with E-state index in [1.54, 1.807) is 6.07 Å². The van der Waals surface area contributed by atoms with Crippen LogP contribution in [0.4, 0.5) is 5.82 Å². The van der Waals surface area contributed by atoms with Crippen LogP contribution >= 0.6 is 0 Å². The minimum absolute atomic E-state index is 0.340. The van der Waals surface area contributed by atoms with Gasteiger partial charge in [0, 0.05) is 26.3 Å². The molecule has 1 aliphatic rings. The number of carbonyl (C=O) groups is 2. The molecule has 6 nitrogen and oxygen atoms in total. The van der Waals surface area contributed by atoms with Crippen molar-refractivity contribution >= 4 is 17.7 Å². The van der Waals surface area contributed by atoms with Crippen molar-refractivity contribution in [2.45, 2.75) is 45.1 Å². The lowest BCUT2D eigenvalue weighted by atomic mass is 10.0. The lowest BCUT2D eigenvalue weighted by molar-refractivity contribution is -0.147. The molecule has 0 bridgehead atoms. The molecule has 6 heteroatoms. The first kappa shape index (κ1) is 17.2. The smallest absolute Gasteiger partial charge is 0.329 e. The van der Waals surface area contributed by atoms with Gasteiger partial charge >= 0.3 is 5.97 Å². The van der Waals surface area contributed by atoms with Gasteiger partial charge in [0.05, 0.1) is 5.56 Å². The van der Waals surface area contributed by atoms with E-state index < -0.39 is 11.5 Å². The molecule has 2 rings (SSSR count). The summed E-state index contributed by atoms with van der Waals surface area (Å²) in [5, 5.41) is 9.23. The minimum Gasteiger partial charge on any atom is -0.480 e. The summed E-state index contributed by atoms with van der Waals surface area (Å²) in [4.78, 5) is 31.6. The Hall–Kier alpha value is -2.11. The lowest BCUT2D eigenvalue weighted by Gasteiger charge is -2.31. The second-order valence-corrected chi connectivity index (χ2v) is 6.53. The summed E-state index contributed by atoms with van der Waals surface area (Å²) in [5.41, 5.74) is -0.860. The van der Waals surface area contributed by atoms with Gasteiger partial charge < -0.3 is 14.9 Å². The van der Waals surface area contributed by atoms with E-state index in [4.69, 9.17) is 0 Å². The number of anilines is 1. The summed E-state index contributed by atoms with van der Waals surface area (Å²) in [7, 11) is 1.50. The topological polar surface area (TPSA) is 73.7 Å². The summed E-state index contributed by atoms with van der Waals surface area (Å²) >= 11 is 0. The maximum atomic E-state index is 12.4. The number of pyridine rings is 1. The monoisotopic (exact) mass is 319 g/mol. The molecule has 126 valence electrons. The molecule has 1 amide bonds. The second kappa shape index (κ2) is 6.98. The van der Waals surface area contributed by atoms with Crippen LogP contribution in [0.25, 0.3) is 0 Å². The Balaban J connectivity index is 2.12. The summed E-state index contributed by atoms with van der Waals surface area (Å²) in [6.45, 7) is 5.00. The van der Waals surface area contributed by atoms with Crippen molar-refractivity contribution < 1.29 is 14.7 Å². The summed E-state index contributed by atoms with van der Waals surface area (Å²) < 4.78 is 0. The quantitative estimate of drug-likeness (QED) is 0.922. The number of aliphatic carboxylic acids is 1. The van der Waals surface area contributed by atoms with E-state index in [2.05, 4.69) is 9.88 Å². The molecule has 2 heterocycles. The standard InChI is InChI=1S/C17H25N3O3/c1-17(2,16(22)23)19(3)15(21)13-8-9-14(18-12-13)20-10-6-4-5-7-11-20/h8-9,12H,4-7,10-11H2,1-3H3,(H,22,23). The van der Waals surface area contributed by atoms with Crippen LogP contribution in [0.5, 0.6) is 0 Å². The highest BCUT2D eigenvalue weighted by Gasteiger charge is 2.35. The molecule has 0 aliphatic carbocycles. The Morgan fingerprint density at radius 3 is 2.26 bits per heavy atom. The Bertz CT molecular complexity index is 561. The molecule has 1 aromatic heterocycles. The Kier molecular flexibility index (Phi) is 5.23. The van der Waals surface area contributed by atoms with E-state index in [1.165, 1.54) is 44.8 Å². The second-order valence-electron chi connectivity index (χ2n) is 6.53. The van der Waals surface area contributed by atoms with E-state index in [0.717, 1.165) is 31.7 Å². The van der Waals surface area contributed by atoms with Crippen LogP contribution in [0.3, 0.4) is 0 Å². The lowest BCUT2D eigenvalue weighted by Crippen LogP contribution is -2.50. The number of rotatable bonds is 4. The molecule has 1 aromatic rings. The first-order valence-corrected chi connectivity index (χ1v) is 8.06. The van der Waals surface area contributed by atoms with Gasteiger partial charge in [0.1, 0.15) is 11.4 Å². The zero-order valence-electron chi connectivity index (χ0n) is 14.1. The van der Waals surface area contributed by atoms with E-state index in [9.17, 15) is 14.7 Å². The van der Waals surface area contributed by atoms with Crippen molar-refractivity contribution in [3.63, 3.8) is 0 Å². The molecule has 0 saturated carbocycles. The third kappa shape index (κ3) is 3.81. The number of carbonyl (C=O) groups excluding carboxylic acids is 1. The first-order chi connectivity index (χ1) is 10.8. The van der Waals surface area contributed by atoms with Crippen LogP contribution in [0.1, 0.15) is 49.9 Å². The van der Waals surface area contributed by atoms with Gasteiger partial charge in [-0.1, -0.05) is 12.8 Å². The van der Waals surface area contributed by atoms with Crippen molar-refractivity contribution in [1.29, 1.82) is 0 Å². The molecule has 23 heavy (non-hydrogen) atoms. The molecule has 1 N–H and O–H groups in total. The first-order valence-electron chi connectivity index (χ1n) is 8.06. The Labute approximate surface area is 137 Å². The summed E-state index contributed by atoms with van der Waals surface area (Å²) in [6, 6.07) is 3.57. The van der Waals surface area contributed by atoms with Crippen molar-refractivity contribution in [1.82, 2.24) is 9.88 Å². The normalized spacial score (nSPS) is 15.9. The van der Waals surface area contributed by atoms with Crippen LogP contribution in [-0.2, 0) is 4.79 Å². The fourth-order valence-corrected chi connectivity index (χ4v) is 2.59. The molecule has 1 saturated heterocycles. The highest BCUT2D eigenvalue weighted by Crippen LogP contribution is 2.20. The van der Waals surface area contributed by atoms with Crippen LogP contribution in [0, 0.1) is 0 Å². The zero-order valence-corrected chi connectivity index (χ0v) is 14.1. The zero-order chi connectivity index (χ0) is 17.0. The third-order valence-electron chi connectivity index (χ3n) is 4.59. The van der Waals surface area contributed by atoms with Gasteiger partial charge in [-0.25, -0.2) is 9.78 Å². The van der Waals surface area contributed by atoms with Crippen molar-refractivity contribution in [3.8, 4) is 0 Å². The summed E-state index contributed by atoms with van der Waals surface area (Å²) in [5.74, 6) is -0.501. The predicted octanol–water partition coefficient (Wildman–Crippen LogP) is 2.40. The fourth-order valence-electron chi connectivity index (χ4n) is 2.59. The number of hydrogen-bond acceptors (Lipinski definition) is 4. The minimum atomic E-state index is -1.26. The van der Waals surface area contributed by atoms with Crippen LogP contribution < -0.4 is 4.90 Å². The fraction of sp³-hybridized carbons (Fsp3) is 0.588. The number of amides is 1. The number of carboxylic acids is 1. The maximum Gasteiger partial charge on any atom is 0.329 e. The average molecular weight is 319 g/mol. The Morgan fingerprint density at radius 1 is 1.17 bits per heavy atom. The predicted molar refractivity (Wildman–Crippen MR) is 88.7 cm³/mol. The largest absolute Gasteiger partial charge is 0.480 e. The number of nitrogens with zero attached hydrogens (tertiary/aromatic N) is 3. The highest BCUT2D eigenvalue weighted by atomic mass is 16.4.